The third-order valence-electron chi connectivity index (χ3n) is 3.65. The maximum atomic E-state index is 12.1. The molecule has 5 nitrogen and oxygen atoms in total. The zero-order valence-electron chi connectivity index (χ0n) is 10.7. The molecule has 1 rings (SSSR count). The fourth-order valence-corrected chi connectivity index (χ4v) is 2.10. The average molecular weight is 243 g/mol. The van der Waals surface area contributed by atoms with E-state index >= 15 is 0 Å². The number of carbonyl (C=O) groups excluding carboxylic acids is 1. The standard InChI is InChI=1S/C12H21NO4/c1-8(10-4-6-17-7-5-10)11(14)13(3)9(2)12(15)16/h8-10H,4-7H2,1-3H3,(H,15,16). The first-order valence-corrected chi connectivity index (χ1v) is 6.02. The van der Waals surface area contributed by atoms with Crippen molar-refractivity contribution in [2.24, 2.45) is 11.8 Å². The summed E-state index contributed by atoms with van der Waals surface area (Å²) in [5.41, 5.74) is 0. The summed E-state index contributed by atoms with van der Waals surface area (Å²) in [6.45, 7) is 4.79. The van der Waals surface area contributed by atoms with Crippen LogP contribution in [0.3, 0.4) is 0 Å². The summed E-state index contributed by atoms with van der Waals surface area (Å²) in [6, 6.07) is -0.773. The van der Waals surface area contributed by atoms with Gasteiger partial charge < -0.3 is 14.7 Å². The van der Waals surface area contributed by atoms with Gasteiger partial charge in [-0.2, -0.15) is 0 Å². The number of ether oxygens (including phenoxy) is 1. The Morgan fingerprint density at radius 1 is 1.29 bits per heavy atom. The smallest absolute Gasteiger partial charge is 0.326 e. The second-order valence-corrected chi connectivity index (χ2v) is 4.70. The van der Waals surface area contributed by atoms with E-state index in [4.69, 9.17) is 9.84 Å². The molecule has 0 bridgehead atoms. The van der Waals surface area contributed by atoms with E-state index in [-0.39, 0.29) is 11.8 Å². The van der Waals surface area contributed by atoms with Gasteiger partial charge in [0.25, 0.3) is 0 Å². The normalized spacial score (nSPS) is 20.6. The lowest BCUT2D eigenvalue weighted by Crippen LogP contribution is -2.44. The highest BCUT2D eigenvalue weighted by molar-refractivity contribution is 5.84. The number of carbonyl (C=O) groups is 2. The number of carboxylic acid groups (broad SMARTS) is 1. The summed E-state index contributed by atoms with van der Waals surface area (Å²) in [5.74, 6) is -0.891. The first-order chi connectivity index (χ1) is 7.95. The quantitative estimate of drug-likeness (QED) is 0.799. The second-order valence-electron chi connectivity index (χ2n) is 4.70. The summed E-state index contributed by atoms with van der Waals surface area (Å²) in [7, 11) is 1.55. The molecule has 2 atom stereocenters. The second kappa shape index (κ2) is 6.00. The summed E-state index contributed by atoms with van der Waals surface area (Å²) < 4.78 is 5.26. The molecular weight excluding hydrogens is 222 g/mol. The van der Waals surface area contributed by atoms with Crippen LogP contribution in [0.2, 0.25) is 0 Å². The van der Waals surface area contributed by atoms with E-state index in [0.717, 1.165) is 12.8 Å². The number of carboxylic acids is 1. The molecule has 0 radical (unpaired) electrons. The molecule has 1 saturated heterocycles. The van der Waals surface area contributed by atoms with Crippen molar-refractivity contribution < 1.29 is 19.4 Å². The van der Waals surface area contributed by atoms with Crippen molar-refractivity contribution in [3.8, 4) is 0 Å². The zero-order chi connectivity index (χ0) is 13.0. The van der Waals surface area contributed by atoms with Crippen molar-refractivity contribution in [2.75, 3.05) is 20.3 Å². The first-order valence-electron chi connectivity index (χ1n) is 6.02. The fourth-order valence-electron chi connectivity index (χ4n) is 2.10. The van der Waals surface area contributed by atoms with Crippen molar-refractivity contribution in [1.29, 1.82) is 0 Å². The maximum Gasteiger partial charge on any atom is 0.326 e. The van der Waals surface area contributed by atoms with Gasteiger partial charge in [0.15, 0.2) is 0 Å². The van der Waals surface area contributed by atoms with Crippen molar-refractivity contribution in [2.45, 2.75) is 32.7 Å². The predicted octanol–water partition coefficient (Wildman–Crippen LogP) is 0.981. The van der Waals surface area contributed by atoms with Gasteiger partial charge in [-0.15, -0.1) is 0 Å². The number of hydrogen-bond donors (Lipinski definition) is 1. The number of aliphatic carboxylic acids is 1. The molecule has 1 aliphatic heterocycles. The Hall–Kier alpha value is -1.10. The van der Waals surface area contributed by atoms with E-state index < -0.39 is 12.0 Å². The number of hydrogen-bond acceptors (Lipinski definition) is 3. The molecule has 1 N–H and O–H groups in total. The van der Waals surface area contributed by atoms with Crippen LogP contribution < -0.4 is 0 Å². The molecule has 0 aromatic heterocycles. The predicted molar refractivity (Wildman–Crippen MR) is 62.6 cm³/mol. The van der Waals surface area contributed by atoms with Crippen LogP contribution in [0.25, 0.3) is 0 Å². The lowest BCUT2D eigenvalue weighted by molar-refractivity contribution is -0.150. The van der Waals surface area contributed by atoms with Crippen LogP contribution in [0.15, 0.2) is 0 Å². The van der Waals surface area contributed by atoms with Crippen LogP contribution in [0, 0.1) is 11.8 Å². The molecule has 2 unspecified atom stereocenters. The summed E-state index contributed by atoms with van der Waals surface area (Å²) >= 11 is 0. The summed E-state index contributed by atoms with van der Waals surface area (Å²) in [4.78, 5) is 24.3. The molecule has 1 fully saturated rings. The van der Waals surface area contributed by atoms with Crippen LogP contribution >= 0.6 is 0 Å². The van der Waals surface area contributed by atoms with E-state index in [1.165, 1.54) is 11.8 Å². The Morgan fingerprint density at radius 3 is 2.29 bits per heavy atom. The largest absolute Gasteiger partial charge is 0.480 e. The van der Waals surface area contributed by atoms with Gasteiger partial charge in [0.05, 0.1) is 0 Å². The van der Waals surface area contributed by atoms with E-state index in [2.05, 4.69) is 0 Å². The van der Waals surface area contributed by atoms with Gasteiger partial charge in [0.2, 0.25) is 5.91 Å². The summed E-state index contributed by atoms with van der Waals surface area (Å²) in [5, 5.41) is 8.88. The molecule has 0 saturated carbocycles. The fraction of sp³-hybridized carbons (Fsp3) is 0.833. The Labute approximate surface area is 102 Å². The Balaban J connectivity index is 2.58. The minimum absolute atomic E-state index is 0.0909. The van der Waals surface area contributed by atoms with Gasteiger partial charge in [-0.05, 0) is 25.7 Å². The highest BCUT2D eigenvalue weighted by atomic mass is 16.5. The molecule has 0 aliphatic carbocycles. The van der Waals surface area contributed by atoms with Gasteiger partial charge >= 0.3 is 5.97 Å². The van der Waals surface area contributed by atoms with Crippen LogP contribution in [0.4, 0.5) is 0 Å². The Bertz CT molecular complexity index is 286. The van der Waals surface area contributed by atoms with Gasteiger partial charge in [0.1, 0.15) is 6.04 Å². The minimum atomic E-state index is -0.972. The highest BCUT2D eigenvalue weighted by Gasteiger charge is 2.31. The molecule has 17 heavy (non-hydrogen) atoms. The van der Waals surface area contributed by atoms with E-state index in [1.807, 2.05) is 6.92 Å². The van der Waals surface area contributed by atoms with Crippen LogP contribution in [0.1, 0.15) is 26.7 Å². The van der Waals surface area contributed by atoms with E-state index in [1.54, 1.807) is 7.05 Å². The molecule has 0 aromatic rings. The van der Waals surface area contributed by atoms with Crippen molar-refractivity contribution in [3.63, 3.8) is 0 Å². The number of likely N-dealkylation sites (N-methyl/N-ethyl adjacent to an activating group) is 1. The van der Waals surface area contributed by atoms with Crippen molar-refractivity contribution >= 4 is 11.9 Å². The lowest BCUT2D eigenvalue weighted by Gasteiger charge is -2.31. The molecule has 98 valence electrons. The molecule has 5 heteroatoms. The summed E-state index contributed by atoms with van der Waals surface area (Å²) in [6.07, 6.45) is 1.75. The average Bonchev–Trinajstić information content (AvgIpc) is 2.36. The van der Waals surface area contributed by atoms with Gasteiger partial charge in [-0.3, -0.25) is 4.79 Å². The third-order valence-corrected chi connectivity index (χ3v) is 3.65. The molecule has 1 amide bonds. The van der Waals surface area contributed by atoms with Crippen LogP contribution in [0.5, 0.6) is 0 Å². The monoisotopic (exact) mass is 243 g/mol. The minimum Gasteiger partial charge on any atom is -0.480 e. The molecule has 1 heterocycles. The van der Waals surface area contributed by atoms with E-state index in [9.17, 15) is 9.59 Å². The Morgan fingerprint density at radius 2 is 1.82 bits per heavy atom. The number of rotatable bonds is 4. The highest BCUT2D eigenvalue weighted by Crippen LogP contribution is 2.25. The van der Waals surface area contributed by atoms with Gasteiger partial charge in [-0.1, -0.05) is 6.92 Å². The maximum absolute atomic E-state index is 12.1. The SMILES string of the molecule is CC(C(=O)N(C)C(C)C(=O)O)C1CCOCC1. The molecule has 1 aliphatic rings. The van der Waals surface area contributed by atoms with Gasteiger partial charge in [0, 0.05) is 26.2 Å². The molecule has 0 aromatic carbocycles. The van der Waals surface area contributed by atoms with Gasteiger partial charge in [-0.25, -0.2) is 4.79 Å². The van der Waals surface area contributed by atoms with E-state index in [0.29, 0.717) is 19.1 Å². The van der Waals surface area contributed by atoms with Crippen molar-refractivity contribution in [3.05, 3.63) is 0 Å². The zero-order valence-corrected chi connectivity index (χ0v) is 10.7. The van der Waals surface area contributed by atoms with Crippen LogP contribution in [-0.2, 0) is 14.3 Å². The Kier molecular flexibility index (Phi) is 4.93. The van der Waals surface area contributed by atoms with Crippen LogP contribution in [-0.4, -0.2) is 48.2 Å². The first kappa shape index (κ1) is 14.0. The number of amides is 1. The third kappa shape index (κ3) is 3.43. The molecule has 0 spiro atoms. The molecular formula is C12H21NO4. The number of nitrogens with zero attached hydrogens (tertiary/aromatic N) is 1. The topological polar surface area (TPSA) is 66.8 Å². The lowest BCUT2D eigenvalue weighted by atomic mass is 9.86. The van der Waals surface area contributed by atoms with Crippen molar-refractivity contribution in [1.82, 2.24) is 4.90 Å².